The lowest BCUT2D eigenvalue weighted by Gasteiger charge is -2.60. The highest BCUT2D eigenvalue weighted by Gasteiger charge is 2.65. The van der Waals surface area contributed by atoms with E-state index in [1.165, 1.54) is 7.11 Å². The monoisotopic (exact) mass is 761 g/mol. The van der Waals surface area contributed by atoms with E-state index >= 15 is 0 Å². The molecule has 0 bridgehead atoms. The van der Waals surface area contributed by atoms with E-state index in [0.29, 0.717) is 66.6 Å². The number of carbonyl (C=O) groups is 2. The van der Waals surface area contributed by atoms with Crippen molar-refractivity contribution in [1.29, 1.82) is 0 Å². The molecular weight excluding hydrogens is 706 g/mol. The van der Waals surface area contributed by atoms with E-state index in [9.17, 15) is 19.8 Å². The molecule has 2 amide bonds. The van der Waals surface area contributed by atoms with E-state index in [2.05, 4.69) is 23.1 Å². The summed E-state index contributed by atoms with van der Waals surface area (Å²) in [6.07, 6.45) is 8.86. The lowest BCUT2D eigenvalue weighted by atomic mass is 9.55. The zero-order chi connectivity index (χ0) is 39.0. The molecule has 298 valence electrons. The van der Waals surface area contributed by atoms with Crippen molar-refractivity contribution in [3.05, 3.63) is 71.8 Å². The minimum Gasteiger partial charge on any atom is -0.459 e. The Morgan fingerprint density at radius 2 is 1.80 bits per heavy atom. The molecule has 6 rings (SSSR count). The number of carbonyl (C=O) groups excluding carboxylic acids is 2. The summed E-state index contributed by atoms with van der Waals surface area (Å²) in [5, 5.41) is 27.0. The van der Waals surface area contributed by atoms with Crippen LogP contribution in [0.1, 0.15) is 87.1 Å². The number of nitrogens with one attached hydrogen (secondary N) is 1. The van der Waals surface area contributed by atoms with Crippen LogP contribution in [0.4, 0.5) is 4.79 Å². The number of amides is 2. The summed E-state index contributed by atoms with van der Waals surface area (Å²) in [6, 6.07) is 9.97. The summed E-state index contributed by atoms with van der Waals surface area (Å²) >= 11 is 0. The zero-order valence-corrected chi connectivity index (χ0v) is 32.2. The molecule has 0 spiro atoms. The Kier molecular flexibility index (Phi) is 13.4. The molecule has 6 atom stereocenters. The van der Waals surface area contributed by atoms with Crippen molar-refractivity contribution in [3.63, 3.8) is 0 Å². The van der Waals surface area contributed by atoms with Crippen molar-refractivity contribution in [1.82, 2.24) is 10.2 Å². The maximum Gasteiger partial charge on any atom is 0.412 e. The second-order valence-electron chi connectivity index (χ2n) is 14.4. The molecule has 4 aliphatic rings. The maximum atomic E-state index is 14.8. The van der Waals surface area contributed by atoms with Gasteiger partial charge >= 0.3 is 6.09 Å². The van der Waals surface area contributed by atoms with Gasteiger partial charge in [-0.25, -0.2) is 4.79 Å². The van der Waals surface area contributed by atoms with Gasteiger partial charge in [-0.15, -0.1) is 6.58 Å². The third kappa shape index (κ3) is 8.20. The van der Waals surface area contributed by atoms with Gasteiger partial charge in [-0.3, -0.25) is 4.79 Å². The van der Waals surface area contributed by atoms with Gasteiger partial charge in [0.2, 0.25) is 12.6 Å². The van der Waals surface area contributed by atoms with Crippen molar-refractivity contribution < 1.29 is 48.3 Å². The van der Waals surface area contributed by atoms with E-state index in [1.807, 2.05) is 30.9 Å². The average molecular weight is 762 g/mol. The predicted octanol–water partition coefficient (Wildman–Crippen LogP) is 6.34. The van der Waals surface area contributed by atoms with E-state index in [0.717, 1.165) is 36.8 Å². The molecule has 1 saturated carbocycles. The first kappa shape index (κ1) is 40.1. The number of aliphatic hydroxyl groups is 2. The first-order chi connectivity index (χ1) is 26.8. The van der Waals surface area contributed by atoms with Gasteiger partial charge in [-0.05, 0) is 92.8 Å². The Labute approximate surface area is 323 Å². The van der Waals surface area contributed by atoms with Crippen LogP contribution in [0, 0.1) is 17.8 Å². The van der Waals surface area contributed by atoms with E-state index in [4.69, 9.17) is 28.5 Å². The highest BCUT2D eigenvalue weighted by molar-refractivity contribution is 6.03. The van der Waals surface area contributed by atoms with Gasteiger partial charge < -0.3 is 49.0 Å². The van der Waals surface area contributed by atoms with Crippen molar-refractivity contribution in [3.8, 4) is 23.0 Å². The Bertz CT molecular complexity index is 1750. The third-order valence-electron chi connectivity index (χ3n) is 11.1. The number of benzene rings is 2. The fourth-order valence-electron chi connectivity index (χ4n) is 8.94. The Morgan fingerprint density at radius 3 is 2.53 bits per heavy atom. The minimum atomic E-state index is -1.40. The van der Waals surface area contributed by atoms with Crippen LogP contribution >= 0.6 is 0 Å². The number of hydrogen-bond donors (Lipinski definition) is 3. The highest BCUT2D eigenvalue weighted by Crippen LogP contribution is 2.62. The number of allylic oxidation sites excluding steroid dienone is 1. The molecule has 13 nitrogen and oxygen atoms in total. The molecule has 6 unspecified atom stereocenters. The average Bonchev–Trinajstić information content (AvgIpc) is 3.66. The van der Waals surface area contributed by atoms with Crippen molar-refractivity contribution in [2.75, 3.05) is 46.8 Å². The van der Waals surface area contributed by atoms with Gasteiger partial charge in [0.25, 0.3) is 5.91 Å². The van der Waals surface area contributed by atoms with Crippen molar-refractivity contribution in [2.24, 2.45) is 22.9 Å². The summed E-state index contributed by atoms with van der Waals surface area (Å²) in [6.45, 7) is 9.07. The number of unbranched alkanes of at least 4 members (excludes halogenated alkanes) is 2. The molecule has 2 aromatic carbocycles. The van der Waals surface area contributed by atoms with E-state index < -0.39 is 23.8 Å². The molecule has 0 radical (unpaired) electrons. The minimum absolute atomic E-state index is 0.0276. The molecule has 2 aliphatic carbocycles. The lowest BCUT2D eigenvalue weighted by molar-refractivity contribution is -0.254. The predicted molar refractivity (Wildman–Crippen MR) is 206 cm³/mol. The van der Waals surface area contributed by atoms with Crippen LogP contribution in [0.2, 0.25) is 0 Å². The smallest absolute Gasteiger partial charge is 0.412 e. The van der Waals surface area contributed by atoms with E-state index in [1.54, 1.807) is 30.3 Å². The molecule has 2 aromatic rings. The second-order valence-corrected chi connectivity index (χ2v) is 14.4. The molecule has 13 heteroatoms. The Hall–Kier alpha value is -4.59. The fraction of sp³-hybridized carbons (Fsp3) is 0.548. The molecule has 2 heterocycles. The zero-order valence-electron chi connectivity index (χ0n) is 32.2. The summed E-state index contributed by atoms with van der Waals surface area (Å²) in [5.41, 5.74) is 2.92. The summed E-state index contributed by atoms with van der Waals surface area (Å²) in [4.78, 5) is 34.8. The standard InChI is InChI=1S/C42H55N3O10/c1-5-18-45(40(48)28-14-16-35-36(23-28)52-26-51-35)37-25-33(44-50-4)31-22-27(12-8-10-19-46)30(13-9-11-20-47)38-32-24-29(54-41(49)43-7-3)15-17-34(32)55-42(37,39(31)38)53-21-6-2/h6,14-17,22-24,27,30,37-39,46-47H,2,5,7-13,18-21,25-26H2,1,3-4H3,(H,43,49). The number of ether oxygens (including phenoxy) is 5. The molecule has 55 heavy (non-hydrogen) atoms. The van der Waals surface area contributed by atoms with Crippen LogP contribution in [0.3, 0.4) is 0 Å². The quantitative estimate of drug-likeness (QED) is 0.0890. The highest BCUT2D eigenvalue weighted by atomic mass is 16.7. The van der Waals surface area contributed by atoms with Crippen LogP contribution in [0.15, 0.2) is 65.9 Å². The van der Waals surface area contributed by atoms with Crippen molar-refractivity contribution in [2.45, 2.75) is 83.0 Å². The molecule has 1 fully saturated rings. The fourth-order valence-corrected chi connectivity index (χ4v) is 8.94. The Balaban J connectivity index is 1.57. The van der Waals surface area contributed by atoms with Crippen LogP contribution in [0.5, 0.6) is 23.0 Å². The first-order valence-electron chi connectivity index (χ1n) is 19.6. The summed E-state index contributed by atoms with van der Waals surface area (Å²) < 4.78 is 31.2. The largest absolute Gasteiger partial charge is 0.459 e. The van der Waals surface area contributed by atoms with Gasteiger partial charge in [0.1, 0.15) is 24.7 Å². The second kappa shape index (κ2) is 18.4. The van der Waals surface area contributed by atoms with Gasteiger partial charge in [0.15, 0.2) is 11.5 Å². The SMILES string of the molecule is C=CCOC12Oc3ccc(OC(=O)NCC)cc3C3C(CCCCO)C(CCCCO)C=C(C(=NOC)CC1N(CCC)C(=O)c1ccc4c(c1)OCO4)C32. The number of hydrogen-bond acceptors (Lipinski definition) is 11. The number of fused-ring (bicyclic) bond motifs is 3. The topological polar surface area (TPSA) is 158 Å². The lowest BCUT2D eigenvalue weighted by Crippen LogP contribution is -2.70. The number of oxime groups is 1. The number of rotatable bonds is 18. The molecule has 0 aromatic heterocycles. The van der Waals surface area contributed by atoms with Gasteiger partial charge in [-0.1, -0.05) is 37.1 Å². The molecule has 0 saturated heterocycles. The molecular formula is C42H55N3O10. The molecule has 2 aliphatic heterocycles. The maximum absolute atomic E-state index is 14.8. The van der Waals surface area contributed by atoms with Crippen LogP contribution < -0.4 is 24.3 Å². The van der Waals surface area contributed by atoms with Crippen LogP contribution in [-0.2, 0) is 9.57 Å². The molecule has 3 N–H and O–H groups in total. The van der Waals surface area contributed by atoms with Gasteiger partial charge in [0, 0.05) is 49.8 Å². The Morgan fingerprint density at radius 1 is 1.04 bits per heavy atom. The third-order valence-corrected chi connectivity index (χ3v) is 11.1. The summed E-state index contributed by atoms with van der Waals surface area (Å²) in [7, 11) is 1.52. The van der Waals surface area contributed by atoms with Crippen LogP contribution in [0.25, 0.3) is 0 Å². The normalized spacial score (nSPS) is 25.2. The summed E-state index contributed by atoms with van der Waals surface area (Å²) in [5.74, 6) is -0.225. The van der Waals surface area contributed by atoms with Gasteiger partial charge in [0.05, 0.1) is 18.2 Å². The first-order valence-corrected chi connectivity index (χ1v) is 19.6. The number of nitrogens with zero attached hydrogens (tertiary/aromatic N) is 2. The van der Waals surface area contributed by atoms with E-state index in [-0.39, 0.29) is 56.7 Å². The number of aliphatic hydroxyl groups excluding tert-OH is 2. The van der Waals surface area contributed by atoms with Gasteiger partial charge in [-0.2, -0.15) is 0 Å². The van der Waals surface area contributed by atoms with Crippen molar-refractivity contribution >= 4 is 17.7 Å². The van der Waals surface area contributed by atoms with Crippen LogP contribution in [-0.4, -0.2) is 91.5 Å².